The molecule has 1 aromatic heterocycles. The Hall–Kier alpha value is -2.20. The van der Waals surface area contributed by atoms with Gasteiger partial charge in [-0.3, -0.25) is 9.78 Å². The Morgan fingerprint density at radius 2 is 1.71 bits per heavy atom. The number of aromatic nitrogens is 1. The number of hydrogen-bond donors (Lipinski definition) is 2. The molecule has 0 radical (unpaired) electrons. The van der Waals surface area contributed by atoms with Gasteiger partial charge in [0.25, 0.3) is 0 Å². The number of carbonyl (C=O) groups is 1. The van der Waals surface area contributed by atoms with Gasteiger partial charge in [-0.25, -0.2) is 0 Å². The lowest BCUT2D eigenvalue weighted by molar-refractivity contribution is -0.121. The first-order chi connectivity index (χ1) is 10.3. The second-order valence-corrected chi connectivity index (χ2v) is 4.87. The van der Waals surface area contributed by atoms with Gasteiger partial charge in [-0.1, -0.05) is 30.3 Å². The predicted octanol–water partition coefficient (Wildman–Crippen LogP) is 1.92. The molecule has 0 unspecified atom stereocenters. The van der Waals surface area contributed by atoms with Gasteiger partial charge in [0, 0.05) is 31.9 Å². The summed E-state index contributed by atoms with van der Waals surface area (Å²) >= 11 is 0. The Labute approximate surface area is 125 Å². The van der Waals surface area contributed by atoms with Crippen molar-refractivity contribution in [3.8, 4) is 0 Å². The highest BCUT2D eigenvalue weighted by Crippen LogP contribution is 1.98. The van der Waals surface area contributed by atoms with Gasteiger partial charge in [-0.15, -0.1) is 0 Å². The Bertz CT molecular complexity index is 528. The van der Waals surface area contributed by atoms with Crippen LogP contribution in [0.25, 0.3) is 0 Å². The molecule has 0 spiro atoms. The van der Waals surface area contributed by atoms with Crippen LogP contribution < -0.4 is 10.6 Å². The van der Waals surface area contributed by atoms with Crippen LogP contribution in [0.5, 0.6) is 0 Å². The van der Waals surface area contributed by atoms with E-state index in [0.717, 1.165) is 18.5 Å². The second kappa shape index (κ2) is 8.87. The molecule has 2 aromatic rings. The summed E-state index contributed by atoms with van der Waals surface area (Å²) in [5, 5.41) is 6.19. The average molecular weight is 283 g/mol. The molecule has 110 valence electrons. The Balaban J connectivity index is 1.53. The normalized spacial score (nSPS) is 10.3. The van der Waals surface area contributed by atoms with Gasteiger partial charge in [0.2, 0.25) is 5.91 Å². The molecular formula is C17H21N3O. The van der Waals surface area contributed by atoms with E-state index >= 15 is 0 Å². The summed E-state index contributed by atoms with van der Waals surface area (Å²) in [6.07, 6.45) is 4.94. The van der Waals surface area contributed by atoms with Crippen LogP contribution in [0.1, 0.15) is 17.5 Å². The third-order valence-electron chi connectivity index (χ3n) is 3.20. The summed E-state index contributed by atoms with van der Waals surface area (Å²) in [6, 6.07) is 14.1. The van der Waals surface area contributed by atoms with E-state index in [1.54, 1.807) is 12.4 Å². The highest BCUT2D eigenvalue weighted by Gasteiger charge is 2.00. The first kappa shape index (κ1) is 15.2. The predicted molar refractivity (Wildman–Crippen MR) is 83.7 cm³/mol. The van der Waals surface area contributed by atoms with Gasteiger partial charge in [-0.2, -0.15) is 0 Å². The minimum Gasteiger partial charge on any atom is -0.352 e. The molecule has 1 amide bonds. The molecule has 0 saturated carbocycles. The zero-order valence-electron chi connectivity index (χ0n) is 12.1. The molecular weight excluding hydrogens is 262 g/mol. The third-order valence-corrected chi connectivity index (χ3v) is 3.20. The number of amides is 1. The van der Waals surface area contributed by atoms with Crippen LogP contribution in [-0.4, -0.2) is 24.0 Å². The van der Waals surface area contributed by atoms with Crippen molar-refractivity contribution in [1.29, 1.82) is 0 Å². The maximum Gasteiger partial charge on any atom is 0.221 e. The van der Waals surface area contributed by atoms with Crippen molar-refractivity contribution in [1.82, 2.24) is 15.6 Å². The number of pyridine rings is 1. The molecule has 4 heteroatoms. The molecule has 1 aromatic carbocycles. The molecule has 0 aliphatic rings. The average Bonchev–Trinajstić information content (AvgIpc) is 2.54. The summed E-state index contributed by atoms with van der Waals surface area (Å²) in [4.78, 5) is 15.6. The van der Waals surface area contributed by atoms with Crippen molar-refractivity contribution in [3.05, 3.63) is 66.0 Å². The van der Waals surface area contributed by atoms with E-state index in [1.165, 1.54) is 5.56 Å². The summed E-state index contributed by atoms with van der Waals surface area (Å²) < 4.78 is 0. The molecule has 4 nitrogen and oxygen atoms in total. The minimum atomic E-state index is 0.0685. The van der Waals surface area contributed by atoms with Crippen molar-refractivity contribution < 1.29 is 4.79 Å². The number of carbonyl (C=O) groups excluding carboxylic acids is 1. The number of nitrogens with zero attached hydrogens (tertiary/aromatic N) is 1. The fourth-order valence-corrected chi connectivity index (χ4v) is 1.99. The fraction of sp³-hybridized carbons (Fsp3) is 0.294. The summed E-state index contributed by atoms with van der Waals surface area (Å²) in [5.74, 6) is 0.0685. The summed E-state index contributed by atoms with van der Waals surface area (Å²) in [5.41, 5.74) is 2.38. The van der Waals surface area contributed by atoms with Crippen LogP contribution in [0.15, 0.2) is 54.9 Å². The Kier molecular flexibility index (Phi) is 6.42. The van der Waals surface area contributed by atoms with Crippen molar-refractivity contribution in [2.24, 2.45) is 0 Å². The third kappa shape index (κ3) is 6.19. The first-order valence-corrected chi connectivity index (χ1v) is 7.25. The molecule has 0 bridgehead atoms. The molecule has 0 fully saturated rings. The molecule has 0 aliphatic heterocycles. The number of benzene rings is 1. The standard InChI is InChI=1S/C17H21N3O/c21-17(20-14-16-7-11-18-12-8-16)9-13-19-10-6-15-4-2-1-3-5-15/h1-5,7-8,11-12,19H,6,9-10,13-14H2,(H,20,21). The number of nitrogens with one attached hydrogen (secondary N) is 2. The molecule has 0 aliphatic carbocycles. The van der Waals surface area contributed by atoms with Crippen LogP contribution in [0.2, 0.25) is 0 Å². The van der Waals surface area contributed by atoms with E-state index in [0.29, 0.717) is 19.5 Å². The molecule has 0 atom stereocenters. The van der Waals surface area contributed by atoms with E-state index in [1.807, 2.05) is 30.3 Å². The van der Waals surface area contributed by atoms with E-state index in [9.17, 15) is 4.79 Å². The first-order valence-electron chi connectivity index (χ1n) is 7.25. The Morgan fingerprint density at radius 1 is 0.952 bits per heavy atom. The van der Waals surface area contributed by atoms with E-state index in [-0.39, 0.29) is 5.91 Å². The van der Waals surface area contributed by atoms with Crippen LogP contribution in [0.3, 0.4) is 0 Å². The maximum atomic E-state index is 11.7. The van der Waals surface area contributed by atoms with Crippen molar-refractivity contribution in [2.45, 2.75) is 19.4 Å². The van der Waals surface area contributed by atoms with Crippen molar-refractivity contribution >= 4 is 5.91 Å². The highest BCUT2D eigenvalue weighted by molar-refractivity contribution is 5.76. The quantitative estimate of drug-likeness (QED) is 0.728. The van der Waals surface area contributed by atoms with Crippen molar-refractivity contribution in [3.63, 3.8) is 0 Å². The molecule has 21 heavy (non-hydrogen) atoms. The monoisotopic (exact) mass is 283 g/mol. The highest BCUT2D eigenvalue weighted by atomic mass is 16.1. The van der Waals surface area contributed by atoms with Crippen LogP contribution in [0, 0.1) is 0 Å². The summed E-state index contributed by atoms with van der Waals surface area (Å²) in [6.45, 7) is 2.15. The SMILES string of the molecule is O=C(CCNCCc1ccccc1)NCc1ccncc1. The van der Waals surface area contributed by atoms with Gasteiger partial charge >= 0.3 is 0 Å². The van der Waals surface area contributed by atoms with E-state index < -0.39 is 0 Å². The lowest BCUT2D eigenvalue weighted by atomic mass is 10.1. The molecule has 2 N–H and O–H groups in total. The zero-order valence-corrected chi connectivity index (χ0v) is 12.1. The topological polar surface area (TPSA) is 54.0 Å². The van der Waals surface area contributed by atoms with Crippen LogP contribution in [0.4, 0.5) is 0 Å². The maximum absolute atomic E-state index is 11.7. The van der Waals surface area contributed by atoms with Gasteiger partial charge in [0.1, 0.15) is 0 Å². The Morgan fingerprint density at radius 3 is 2.48 bits per heavy atom. The molecule has 2 rings (SSSR count). The minimum absolute atomic E-state index is 0.0685. The lowest BCUT2D eigenvalue weighted by Crippen LogP contribution is -2.28. The van der Waals surface area contributed by atoms with Crippen LogP contribution in [-0.2, 0) is 17.8 Å². The number of rotatable bonds is 8. The smallest absolute Gasteiger partial charge is 0.221 e. The zero-order chi connectivity index (χ0) is 14.8. The van der Waals surface area contributed by atoms with Crippen molar-refractivity contribution in [2.75, 3.05) is 13.1 Å². The molecule has 1 heterocycles. The van der Waals surface area contributed by atoms with Crippen LogP contribution >= 0.6 is 0 Å². The lowest BCUT2D eigenvalue weighted by Gasteiger charge is -2.06. The van der Waals surface area contributed by atoms with Gasteiger partial charge < -0.3 is 10.6 Å². The number of hydrogen-bond acceptors (Lipinski definition) is 3. The summed E-state index contributed by atoms with van der Waals surface area (Å²) in [7, 11) is 0. The van der Waals surface area contributed by atoms with Gasteiger partial charge in [0.15, 0.2) is 0 Å². The van der Waals surface area contributed by atoms with Gasteiger partial charge in [0.05, 0.1) is 0 Å². The largest absolute Gasteiger partial charge is 0.352 e. The van der Waals surface area contributed by atoms with E-state index in [4.69, 9.17) is 0 Å². The fourth-order valence-electron chi connectivity index (χ4n) is 1.99. The van der Waals surface area contributed by atoms with Gasteiger partial charge in [-0.05, 0) is 36.2 Å². The second-order valence-electron chi connectivity index (χ2n) is 4.87. The van der Waals surface area contributed by atoms with E-state index in [2.05, 4.69) is 27.8 Å². The molecule has 0 saturated heterocycles.